The van der Waals surface area contributed by atoms with Gasteiger partial charge in [-0.15, -0.1) is 0 Å². The second-order valence-corrected chi connectivity index (χ2v) is 15.7. The maximum absolute atomic E-state index is 6.84. The molecular formula is C60H41NO. The molecule has 0 unspecified atom stereocenters. The topological polar surface area (TPSA) is 16.4 Å². The predicted octanol–water partition coefficient (Wildman–Crippen LogP) is 17.1. The van der Waals surface area contributed by atoms with Crippen LogP contribution in [0.2, 0.25) is 0 Å². The Morgan fingerprint density at radius 1 is 0.258 bits per heavy atom. The Morgan fingerprint density at radius 3 is 1.15 bits per heavy atom. The molecule has 0 aliphatic rings. The molecule has 1 aromatic heterocycles. The summed E-state index contributed by atoms with van der Waals surface area (Å²) in [5.74, 6) is 0. The van der Waals surface area contributed by atoms with Gasteiger partial charge in [0.1, 0.15) is 11.2 Å². The molecule has 0 bridgehead atoms. The molecule has 2 heteroatoms. The molecule has 292 valence electrons. The minimum Gasteiger partial charge on any atom is -0.455 e. The zero-order valence-electron chi connectivity index (χ0n) is 34.0. The van der Waals surface area contributed by atoms with Crippen molar-refractivity contribution >= 4 is 39.0 Å². The van der Waals surface area contributed by atoms with Crippen LogP contribution in [-0.4, -0.2) is 0 Å². The van der Waals surface area contributed by atoms with Crippen LogP contribution in [0.4, 0.5) is 17.1 Å². The highest BCUT2D eigenvalue weighted by Crippen LogP contribution is 2.47. The summed E-state index contributed by atoms with van der Waals surface area (Å²) in [7, 11) is 0. The largest absolute Gasteiger partial charge is 0.455 e. The Morgan fingerprint density at radius 2 is 0.645 bits per heavy atom. The first kappa shape index (κ1) is 36.8. The van der Waals surface area contributed by atoms with Gasteiger partial charge in [0.05, 0.1) is 5.69 Å². The lowest BCUT2D eigenvalue weighted by atomic mass is 9.92. The molecule has 11 rings (SSSR count). The minimum absolute atomic E-state index is 0.869. The lowest BCUT2D eigenvalue weighted by Crippen LogP contribution is -2.11. The number of para-hydroxylation sites is 1. The fourth-order valence-electron chi connectivity index (χ4n) is 8.73. The van der Waals surface area contributed by atoms with Gasteiger partial charge in [0, 0.05) is 33.3 Å². The normalized spacial score (nSPS) is 11.2. The van der Waals surface area contributed by atoms with Gasteiger partial charge in [0.2, 0.25) is 0 Å². The van der Waals surface area contributed by atoms with Crippen molar-refractivity contribution in [2.45, 2.75) is 0 Å². The zero-order valence-corrected chi connectivity index (χ0v) is 34.0. The van der Waals surface area contributed by atoms with Gasteiger partial charge in [-0.2, -0.15) is 0 Å². The molecule has 0 N–H and O–H groups in total. The zero-order chi connectivity index (χ0) is 41.2. The molecule has 62 heavy (non-hydrogen) atoms. The summed E-state index contributed by atoms with van der Waals surface area (Å²) < 4.78 is 6.84. The number of benzene rings is 10. The number of anilines is 3. The van der Waals surface area contributed by atoms with Gasteiger partial charge in [0.15, 0.2) is 0 Å². The number of nitrogens with zero attached hydrogens (tertiary/aromatic N) is 1. The van der Waals surface area contributed by atoms with E-state index in [9.17, 15) is 0 Å². The molecule has 10 aromatic carbocycles. The summed E-state index contributed by atoms with van der Waals surface area (Å²) in [5.41, 5.74) is 18.7. The maximum Gasteiger partial charge on any atom is 0.143 e. The van der Waals surface area contributed by atoms with Gasteiger partial charge in [-0.25, -0.2) is 0 Å². The van der Waals surface area contributed by atoms with E-state index in [-0.39, 0.29) is 0 Å². The molecule has 0 spiro atoms. The third kappa shape index (κ3) is 7.04. The van der Waals surface area contributed by atoms with E-state index < -0.39 is 0 Å². The van der Waals surface area contributed by atoms with Crippen molar-refractivity contribution in [2.24, 2.45) is 0 Å². The number of rotatable bonds is 9. The Hall–Kier alpha value is -8.20. The van der Waals surface area contributed by atoms with Crippen LogP contribution in [0.25, 0.3) is 88.7 Å². The standard InChI is InChI=1S/C60H41NO/c1-5-15-42(16-6-1)46-25-27-47(28-26-46)49-31-36-53(37-32-49)61(52-34-29-48(30-35-52)43-17-7-2-8-18-43)58-41-50(44-19-9-3-10-20-44)33-38-54(58)56-39-51(45-21-11-4-12-22-45)40-57-55-23-13-14-24-59(55)62-60(56)57/h1-41H. The predicted molar refractivity (Wildman–Crippen MR) is 261 cm³/mol. The summed E-state index contributed by atoms with van der Waals surface area (Å²) in [4.78, 5) is 2.41. The van der Waals surface area contributed by atoms with E-state index in [2.05, 4.69) is 248 Å². The Balaban J connectivity index is 1.12. The van der Waals surface area contributed by atoms with Gasteiger partial charge in [-0.05, 0) is 104 Å². The summed E-state index contributed by atoms with van der Waals surface area (Å²) in [6.45, 7) is 0. The molecular weight excluding hydrogens is 751 g/mol. The van der Waals surface area contributed by atoms with Crippen molar-refractivity contribution in [3.05, 3.63) is 249 Å². The molecule has 0 aliphatic heterocycles. The van der Waals surface area contributed by atoms with Crippen molar-refractivity contribution in [2.75, 3.05) is 4.90 Å². The van der Waals surface area contributed by atoms with Crippen LogP contribution >= 0.6 is 0 Å². The third-order valence-electron chi connectivity index (χ3n) is 11.9. The van der Waals surface area contributed by atoms with Crippen LogP contribution < -0.4 is 4.90 Å². The van der Waals surface area contributed by atoms with Gasteiger partial charge in [-0.3, -0.25) is 0 Å². The number of hydrogen-bond acceptors (Lipinski definition) is 2. The van der Waals surface area contributed by atoms with E-state index >= 15 is 0 Å². The fourth-order valence-corrected chi connectivity index (χ4v) is 8.73. The summed E-state index contributed by atoms with van der Waals surface area (Å²) in [6.07, 6.45) is 0. The van der Waals surface area contributed by atoms with Crippen molar-refractivity contribution in [1.82, 2.24) is 0 Å². The third-order valence-corrected chi connectivity index (χ3v) is 11.9. The summed E-state index contributed by atoms with van der Waals surface area (Å²) in [6, 6.07) is 89.1. The summed E-state index contributed by atoms with van der Waals surface area (Å²) >= 11 is 0. The van der Waals surface area contributed by atoms with E-state index in [1.54, 1.807) is 0 Å². The highest BCUT2D eigenvalue weighted by molar-refractivity contribution is 6.13. The number of fused-ring (bicyclic) bond motifs is 3. The van der Waals surface area contributed by atoms with Crippen LogP contribution in [0.5, 0.6) is 0 Å². The Bertz CT molecular complexity index is 3280. The highest BCUT2D eigenvalue weighted by Gasteiger charge is 2.23. The van der Waals surface area contributed by atoms with Crippen LogP contribution in [-0.2, 0) is 0 Å². The lowest BCUT2D eigenvalue weighted by Gasteiger charge is -2.29. The van der Waals surface area contributed by atoms with E-state index in [0.29, 0.717) is 0 Å². The Kier molecular flexibility index (Phi) is 9.57. The SMILES string of the molecule is c1ccc(-c2ccc(-c3ccc(N(c4ccc(-c5ccccc5)cc4)c4cc(-c5ccccc5)ccc4-c4cc(-c5ccccc5)cc5c4oc4ccccc45)cc3)cc2)cc1. The quantitative estimate of drug-likeness (QED) is 0.145. The molecule has 11 aromatic rings. The first-order chi connectivity index (χ1) is 30.7. The molecule has 0 amide bonds. The first-order valence-corrected chi connectivity index (χ1v) is 21.2. The molecule has 0 saturated carbocycles. The molecule has 0 radical (unpaired) electrons. The van der Waals surface area contributed by atoms with Crippen LogP contribution in [0, 0.1) is 0 Å². The molecule has 0 atom stereocenters. The molecule has 0 saturated heterocycles. The molecule has 0 fully saturated rings. The van der Waals surface area contributed by atoms with E-state index in [0.717, 1.165) is 77.9 Å². The highest BCUT2D eigenvalue weighted by atomic mass is 16.3. The smallest absolute Gasteiger partial charge is 0.143 e. The Labute approximate surface area is 362 Å². The van der Waals surface area contributed by atoms with Crippen molar-refractivity contribution in [3.63, 3.8) is 0 Å². The van der Waals surface area contributed by atoms with E-state index in [1.807, 2.05) is 6.07 Å². The average Bonchev–Trinajstić information content (AvgIpc) is 3.74. The molecule has 1 heterocycles. The second-order valence-electron chi connectivity index (χ2n) is 15.7. The van der Waals surface area contributed by atoms with Gasteiger partial charge in [0.25, 0.3) is 0 Å². The van der Waals surface area contributed by atoms with E-state index in [4.69, 9.17) is 4.42 Å². The van der Waals surface area contributed by atoms with Gasteiger partial charge in [-0.1, -0.05) is 200 Å². The van der Waals surface area contributed by atoms with E-state index in [1.165, 1.54) is 27.8 Å². The number of furan rings is 1. The number of hydrogen-bond donors (Lipinski definition) is 0. The monoisotopic (exact) mass is 791 g/mol. The summed E-state index contributed by atoms with van der Waals surface area (Å²) in [5, 5.41) is 2.20. The first-order valence-electron chi connectivity index (χ1n) is 21.2. The fraction of sp³-hybridized carbons (Fsp3) is 0. The van der Waals surface area contributed by atoms with Crippen LogP contribution in [0.15, 0.2) is 253 Å². The van der Waals surface area contributed by atoms with Crippen molar-refractivity contribution in [1.29, 1.82) is 0 Å². The van der Waals surface area contributed by atoms with Crippen molar-refractivity contribution in [3.8, 4) is 66.8 Å². The maximum atomic E-state index is 6.84. The molecule has 0 aliphatic carbocycles. The lowest BCUT2D eigenvalue weighted by molar-refractivity contribution is 0.670. The van der Waals surface area contributed by atoms with Crippen molar-refractivity contribution < 1.29 is 4.42 Å². The average molecular weight is 792 g/mol. The van der Waals surface area contributed by atoms with Crippen LogP contribution in [0.1, 0.15) is 0 Å². The second kappa shape index (κ2) is 16.1. The van der Waals surface area contributed by atoms with Gasteiger partial charge >= 0.3 is 0 Å². The molecule has 2 nitrogen and oxygen atoms in total. The minimum atomic E-state index is 0.869. The van der Waals surface area contributed by atoms with Gasteiger partial charge < -0.3 is 9.32 Å². The van der Waals surface area contributed by atoms with Crippen LogP contribution in [0.3, 0.4) is 0 Å².